The topological polar surface area (TPSA) is 184 Å². The molecule has 2 heterocycles. The van der Waals surface area contributed by atoms with Crippen LogP contribution in [0.4, 0.5) is 0 Å². The number of amides is 1. The molecule has 0 saturated carbocycles. The fraction of sp³-hybridized carbons (Fsp3) is 0.938. The highest BCUT2D eigenvalue weighted by molar-refractivity contribution is 5.73. The molecule has 27 heavy (non-hydrogen) atoms. The second-order valence-electron chi connectivity index (χ2n) is 6.91. The van der Waals surface area contributed by atoms with Crippen LogP contribution in [0.1, 0.15) is 20.3 Å². The summed E-state index contributed by atoms with van der Waals surface area (Å²) >= 11 is 0. The highest BCUT2D eigenvalue weighted by atomic mass is 16.7. The Morgan fingerprint density at radius 2 is 1.67 bits per heavy atom. The Morgan fingerprint density at radius 1 is 1.04 bits per heavy atom. The van der Waals surface area contributed by atoms with Gasteiger partial charge in [0.2, 0.25) is 5.91 Å². The molecule has 2 saturated heterocycles. The van der Waals surface area contributed by atoms with Gasteiger partial charge in [-0.1, -0.05) is 6.92 Å². The van der Waals surface area contributed by atoms with E-state index >= 15 is 0 Å². The Bertz CT molecular complexity index is 495. The summed E-state index contributed by atoms with van der Waals surface area (Å²) < 4.78 is 16.8. The SMILES string of the molecule is CCC1OC(CO)C(OC2OC(CO)C(O)C(N)C2O)C(O)C1NC(C)=O. The van der Waals surface area contributed by atoms with E-state index in [4.69, 9.17) is 19.9 Å². The highest BCUT2D eigenvalue weighted by Crippen LogP contribution is 2.29. The molecule has 0 spiro atoms. The Hall–Kier alpha value is -0.890. The lowest BCUT2D eigenvalue weighted by Gasteiger charge is -2.47. The molecule has 8 N–H and O–H groups in total. The standard InChI is InChI=1S/C16H30N2O9/c1-3-7-11(18-6(2)21)14(24)15(9(5-20)25-7)27-16-13(23)10(17)12(22)8(4-19)26-16/h7-16,19-20,22-24H,3-5,17H2,1-2H3,(H,18,21). The van der Waals surface area contributed by atoms with Gasteiger partial charge in [0.1, 0.15) is 36.6 Å². The zero-order valence-electron chi connectivity index (χ0n) is 15.3. The zero-order chi connectivity index (χ0) is 20.3. The average molecular weight is 394 g/mol. The van der Waals surface area contributed by atoms with Crippen LogP contribution in [-0.4, -0.2) is 106 Å². The molecule has 0 radical (unpaired) electrons. The van der Waals surface area contributed by atoms with Crippen LogP contribution in [0, 0.1) is 0 Å². The summed E-state index contributed by atoms with van der Waals surface area (Å²) in [5, 5.41) is 52.4. The molecule has 158 valence electrons. The molecule has 11 heteroatoms. The third-order valence-electron chi connectivity index (χ3n) is 5.00. The minimum Gasteiger partial charge on any atom is -0.394 e. The van der Waals surface area contributed by atoms with E-state index in [9.17, 15) is 30.3 Å². The first-order valence-corrected chi connectivity index (χ1v) is 9.00. The number of nitrogens with two attached hydrogens (primary N) is 1. The van der Waals surface area contributed by atoms with Gasteiger partial charge >= 0.3 is 0 Å². The van der Waals surface area contributed by atoms with Crippen LogP contribution in [-0.2, 0) is 19.0 Å². The van der Waals surface area contributed by atoms with Gasteiger partial charge in [-0.2, -0.15) is 0 Å². The molecular formula is C16H30N2O9. The summed E-state index contributed by atoms with van der Waals surface area (Å²) in [4.78, 5) is 11.5. The predicted octanol–water partition coefficient (Wildman–Crippen LogP) is -3.83. The Kier molecular flexibility index (Phi) is 7.92. The summed E-state index contributed by atoms with van der Waals surface area (Å²) in [6, 6.07) is -1.95. The van der Waals surface area contributed by atoms with Crippen LogP contribution < -0.4 is 11.1 Å². The van der Waals surface area contributed by atoms with E-state index in [2.05, 4.69) is 5.32 Å². The van der Waals surface area contributed by atoms with E-state index in [1.165, 1.54) is 6.92 Å². The molecule has 0 aromatic rings. The molecule has 2 fully saturated rings. The fourth-order valence-corrected chi connectivity index (χ4v) is 3.49. The number of aliphatic hydroxyl groups is 5. The van der Waals surface area contributed by atoms with Gasteiger partial charge in [0, 0.05) is 6.92 Å². The van der Waals surface area contributed by atoms with Gasteiger partial charge in [-0.15, -0.1) is 0 Å². The van der Waals surface area contributed by atoms with Crippen LogP contribution in [0.5, 0.6) is 0 Å². The summed E-state index contributed by atoms with van der Waals surface area (Å²) in [5.74, 6) is -0.373. The number of nitrogens with one attached hydrogen (secondary N) is 1. The van der Waals surface area contributed by atoms with Crippen molar-refractivity contribution in [3.63, 3.8) is 0 Å². The van der Waals surface area contributed by atoms with E-state index in [0.717, 1.165) is 0 Å². The molecule has 2 rings (SSSR count). The number of rotatable bonds is 6. The lowest BCUT2D eigenvalue weighted by molar-refractivity contribution is -0.321. The molecule has 10 atom stereocenters. The molecule has 0 bridgehead atoms. The largest absolute Gasteiger partial charge is 0.394 e. The van der Waals surface area contributed by atoms with E-state index in [0.29, 0.717) is 6.42 Å². The average Bonchev–Trinajstić information content (AvgIpc) is 2.64. The van der Waals surface area contributed by atoms with E-state index < -0.39 is 74.3 Å². The molecule has 0 aromatic heterocycles. The first kappa shape index (κ1) is 22.4. The van der Waals surface area contributed by atoms with Gasteiger partial charge in [-0.05, 0) is 6.42 Å². The van der Waals surface area contributed by atoms with Gasteiger partial charge in [-0.3, -0.25) is 4.79 Å². The van der Waals surface area contributed by atoms with Crippen molar-refractivity contribution in [1.29, 1.82) is 0 Å². The van der Waals surface area contributed by atoms with Gasteiger partial charge in [0.15, 0.2) is 6.29 Å². The summed E-state index contributed by atoms with van der Waals surface area (Å²) in [6.45, 7) is 2.07. The van der Waals surface area contributed by atoms with E-state index in [1.807, 2.05) is 6.92 Å². The van der Waals surface area contributed by atoms with Crippen molar-refractivity contribution in [2.75, 3.05) is 13.2 Å². The van der Waals surface area contributed by atoms with Crippen LogP contribution in [0.2, 0.25) is 0 Å². The maximum Gasteiger partial charge on any atom is 0.217 e. The molecular weight excluding hydrogens is 364 g/mol. The Labute approximate surface area is 157 Å². The maximum atomic E-state index is 11.5. The Morgan fingerprint density at radius 3 is 2.19 bits per heavy atom. The van der Waals surface area contributed by atoms with Crippen molar-refractivity contribution in [2.24, 2.45) is 5.73 Å². The fourth-order valence-electron chi connectivity index (χ4n) is 3.49. The summed E-state index contributed by atoms with van der Waals surface area (Å²) in [5.41, 5.74) is 5.75. The molecule has 0 aromatic carbocycles. The lowest BCUT2D eigenvalue weighted by atomic mass is 9.91. The number of carbonyl (C=O) groups excluding carboxylic acids is 1. The van der Waals surface area contributed by atoms with E-state index in [1.54, 1.807) is 0 Å². The normalized spacial score (nSPS) is 45.5. The van der Waals surface area contributed by atoms with Crippen molar-refractivity contribution in [3.8, 4) is 0 Å². The number of ether oxygens (including phenoxy) is 3. The molecule has 10 unspecified atom stereocenters. The predicted molar refractivity (Wildman–Crippen MR) is 90.3 cm³/mol. The van der Waals surface area contributed by atoms with Gasteiger partial charge in [-0.25, -0.2) is 0 Å². The molecule has 2 aliphatic heterocycles. The third-order valence-corrected chi connectivity index (χ3v) is 5.00. The number of aliphatic hydroxyl groups excluding tert-OH is 5. The third kappa shape index (κ3) is 4.75. The summed E-state index contributed by atoms with van der Waals surface area (Å²) in [7, 11) is 0. The maximum absolute atomic E-state index is 11.5. The van der Waals surface area contributed by atoms with Crippen LogP contribution >= 0.6 is 0 Å². The number of hydrogen-bond donors (Lipinski definition) is 7. The molecule has 0 aliphatic carbocycles. The zero-order valence-corrected chi connectivity index (χ0v) is 15.3. The second-order valence-corrected chi connectivity index (χ2v) is 6.91. The quantitative estimate of drug-likeness (QED) is 0.235. The minimum absolute atomic E-state index is 0.373. The van der Waals surface area contributed by atoms with Crippen LogP contribution in [0.15, 0.2) is 0 Å². The van der Waals surface area contributed by atoms with Crippen molar-refractivity contribution in [2.45, 2.75) is 81.4 Å². The number of carbonyl (C=O) groups is 1. The smallest absolute Gasteiger partial charge is 0.217 e. The molecule has 2 aliphatic rings. The van der Waals surface area contributed by atoms with Gasteiger partial charge < -0.3 is 50.8 Å². The monoisotopic (exact) mass is 394 g/mol. The van der Waals surface area contributed by atoms with Crippen molar-refractivity contribution in [1.82, 2.24) is 5.32 Å². The second kappa shape index (κ2) is 9.54. The van der Waals surface area contributed by atoms with Crippen LogP contribution in [0.25, 0.3) is 0 Å². The van der Waals surface area contributed by atoms with Gasteiger partial charge in [0.05, 0.1) is 31.4 Å². The molecule has 11 nitrogen and oxygen atoms in total. The first-order valence-electron chi connectivity index (χ1n) is 9.00. The van der Waals surface area contributed by atoms with Crippen molar-refractivity contribution < 1.29 is 44.5 Å². The Balaban J connectivity index is 2.19. The highest BCUT2D eigenvalue weighted by Gasteiger charge is 2.50. The minimum atomic E-state index is -1.45. The molecule has 1 amide bonds. The lowest BCUT2D eigenvalue weighted by Crippen LogP contribution is -2.68. The van der Waals surface area contributed by atoms with Gasteiger partial charge in [0.25, 0.3) is 0 Å². The van der Waals surface area contributed by atoms with Crippen molar-refractivity contribution in [3.05, 3.63) is 0 Å². The number of hydrogen-bond acceptors (Lipinski definition) is 10. The first-order chi connectivity index (χ1) is 12.7. The van der Waals surface area contributed by atoms with Crippen molar-refractivity contribution >= 4 is 5.91 Å². The van der Waals surface area contributed by atoms with Crippen LogP contribution in [0.3, 0.4) is 0 Å². The summed E-state index contributed by atoms with van der Waals surface area (Å²) in [6.07, 6.45) is -8.66. The van der Waals surface area contributed by atoms with E-state index in [-0.39, 0.29) is 5.91 Å².